The van der Waals surface area contributed by atoms with E-state index >= 15 is 0 Å². The number of carbonyl (C=O) groups excluding carboxylic acids is 2. The van der Waals surface area contributed by atoms with Crippen LogP contribution in [0.15, 0.2) is 59.6 Å². The van der Waals surface area contributed by atoms with Crippen molar-refractivity contribution >= 4 is 23.6 Å². The van der Waals surface area contributed by atoms with Gasteiger partial charge in [0.05, 0.1) is 0 Å². The van der Waals surface area contributed by atoms with E-state index in [1.54, 1.807) is 32.9 Å². The summed E-state index contributed by atoms with van der Waals surface area (Å²) in [6.45, 7) is 8.18. The Morgan fingerprint density at radius 2 is 1.66 bits per heavy atom. The Morgan fingerprint density at radius 1 is 1.00 bits per heavy atom. The number of rotatable bonds is 5. The highest BCUT2D eigenvalue weighted by atomic mass is 16.6. The number of amides is 2. The summed E-state index contributed by atoms with van der Waals surface area (Å²) < 4.78 is 5.25. The lowest BCUT2D eigenvalue weighted by molar-refractivity contribution is 0.0563. The van der Waals surface area contributed by atoms with Gasteiger partial charge in [-0.1, -0.05) is 30.3 Å². The summed E-state index contributed by atoms with van der Waals surface area (Å²) in [5.41, 5.74) is 1.74. The molecule has 0 heterocycles. The second-order valence-electron chi connectivity index (χ2n) is 7.32. The largest absolute Gasteiger partial charge is 0.444 e. The maximum atomic E-state index is 12.1. The molecule has 0 aliphatic carbocycles. The maximum Gasteiger partial charge on any atom is 0.414 e. The lowest BCUT2D eigenvalue weighted by Crippen LogP contribution is -2.40. The molecule has 0 radical (unpaired) electrons. The molecule has 0 atom stereocenters. The van der Waals surface area contributed by atoms with Crippen LogP contribution < -0.4 is 16.0 Å². The van der Waals surface area contributed by atoms with E-state index in [9.17, 15) is 9.59 Å². The van der Waals surface area contributed by atoms with Crippen LogP contribution in [0.25, 0.3) is 0 Å². The Labute approximate surface area is 171 Å². The number of anilines is 1. The molecule has 2 aromatic carbocycles. The van der Waals surface area contributed by atoms with Crippen LogP contribution >= 0.6 is 0 Å². The highest BCUT2D eigenvalue weighted by molar-refractivity contribution is 6.02. The zero-order valence-corrected chi connectivity index (χ0v) is 17.3. The van der Waals surface area contributed by atoms with Crippen molar-refractivity contribution in [2.45, 2.75) is 39.8 Å². The number of nitrogens with zero attached hydrogens (tertiary/aromatic N) is 1. The minimum absolute atomic E-state index is 0.119. The van der Waals surface area contributed by atoms with Crippen LogP contribution in [0.4, 0.5) is 10.5 Å². The fraction of sp³-hybridized carbons (Fsp3) is 0.318. The van der Waals surface area contributed by atoms with Gasteiger partial charge in [0.25, 0.3) is 5.91 Å². The fourth-order valence-corrected chi connectivity index (χ4v) is 2.39. The normalized spacial score (nSPS) is 11.5. The number of hydrogen-bond acceptors (Lipinski definition) is 4. The molecule has 2 aromatic rings. The van der Waals surface area contributed by atoms with Gasteiger partial charge in [-0.15, -0.1) is 0 Å². The molecule has 2 amide bonds. The summed E-state index contributed by atoms with van der Waals surface area (Å²) in [6.07, 6.45) is -0.572. The number of carbonyl (C=O) groups is 2. The van der Waals surface area contributed by atoms with E-state index in [4.69, 9.17) is 4.74 Å². The van der Waals surface area contributed by atoms with Gasteiger partial charge in [0.15, 0.2) is 0 Å². The number of nitrogens with one attached hydrogen (secondary N) is 3. The standard InChI is InChI=1S/C22H28N4O3/c1-5-23-20(26-21(28)29-22(2,3)4)25-18-13-11-16(12-14-18)15-24-19(27)17-9-7-6-8-10-17/h6-14H,5,15H2,1-4H3,(H,24,27)(H2,23,25,26,28). The van der Waals surface area contributed by atoms with Crippen molar-refractivity contribution in [1.29, 1.82) is 0 Å². The summed E-state index contributed by atoms with van der Waals surface area (Å²) >= 11 is 0. The molecule has 0 fully saturated rings. The zero-order chi connectivity index (χ0) is 21.3. The monoisotopic (exact) mass is 396 g/mol. The Bertz CT molecular complexity index is 841. The fourth-order valence-electron chi connectivity index (χ4n) is 2.39. The van der Waals surface area contributed by atoms with Crippen molar-refractivity contribution < 1.29 is 14.3 Å². The smallest absolute Gasteiger partial charge is 0.414 e. The SMILES string of the molecule is CC/N=C(/NC(=O)OC(C)(C)C)Nc1ccc(CNC(=O)c2ccccc2)cc1. The van der Waals surface area contributed by atoms with Crippen LogP contribution in [0.5, 0.6) is 0 Å². The Morgan fingerprint density at radius 3 is 2.24 bits per heavy atom. The van der Waals surface area contributed by atoms with Crippen molar-refractivity contribution in [2.75, 3.05) is 11.9 Å². The summed E-state index contributed by atoms with van der Waals surface area (Å²) in [5, 5.41) is 8.57. The quantitative estimate of drug-likeness (QED) is 0.527. The molecule has 29 heavy (non-hydrogen) atoms. The van der Waals surface area contributed by atoms with E-state index in [1.165, 1.54) is 0 Å². The molecule has 0 aliphatic rings. The predicted octanol–water partition coefficient (Wildman–Crippen LogP) is 3.93. The lowest BCUT2D eigenvalue weighted by atomic mass is 10.2. The highest BCUT2D eigenvalue weighted by Crippen LogP contribution is 2.11. The molecule has 0 unspecified atom stereocenters. The molecular weight excluding hydrogens is 368 g/mol. The molecular formula is C22H28N4O3. The molecule has 0 spiro atoms. The van der Waals surface area contributed by atoms with Gasteiger partial charge in [0.1, 0.15) is 5.60 Å². The van der Waals surface area contributed by atoms with Crippen LogP contribution in [0.2, 0.25) is 0 Å². The van der Waals surface area contributed by atoms with Crippen molar-refractivity contribution in [3.05, 3.63) is 65.7 Å². The first-order chi connectivity index (χ1) is 13.8. The highest BCUT2D eigenvalue weighted by Gasteiger charge is 2.17. The third-order valence-electron chi connectivity index (χ3n) is 3.64. The number of guanidine groups is 1. The summed E-state index contributed by atoms with van der Waals surface area (Å²) in [6, 6.07) is 16.6. The van der Waals surface area contributed by atoms with Gasteiger partial charge in [0.2, 0.25) is 5.96 Å². The van der Waals surface area contributed by atoms with Crippen LogP contribution in [0, 0.1) is 0 Å². The summed E-state index contributed by atoms with van der Waals surface area (Å²) in [5.74, 6) is 0.193. The van der Waals surface area contributed by atoms with Crippen molar-refractivity contribution in [3.63, 3.8) is 0 Å². The van der Waals surface area contributed by atoms with Gasteiger partial charge >= 0.3 is 6.09 Å². The van der Waals surface area contributed by atoms with Gasteiger partial charge in [-0.2, -0.15) is 0 Å². The predicted molar refractivity (Wildman–Crippen MR) is 115 cm³/mol. The van der Waals surface area contributed by atoms with Crippen LogP contribution in [0.3, 0.4) is 0 Å². The molecule has 0 saturated heterocycles. The number of benzene rings is 2. The van der Waals surface area contributed by atoms with Gasteiger partial charge < -0.3 is 15.4 Å². The first-order valence-electron chi connectivity index (χ1n) is 9.50. The lowest BCUT2D eigenvalue weighted by Gasteiger charge is -2.20. The molecule has 0 bridgehead atoms. The first kappa shape index (κ1) is 21.9. The van der Waals surface area contributed by atoms with Crippen LogP contribution in [-0.4, -0.2) is 30.1 Å². The van der Waals surface area contributed by atoms with E-state index in [-0.39, 0.29) is 5.91 Å². The molecule has 154 valence electrons. The molecule has 7 nitrogen and oxygen atoms in total. The molecule has 3 N–H and O–H groups in total. The van der Waals surface area contributed by atoms with E-state index < -0.39 is 11.7 Å². The molecule has 0 aliphatic heterocycles. The van der Waals surface area contributed by atoms with Crippen molar-refractivity contribution in [2.24, 2.45) is 4.99 Å². The molecule has 2 rings (SSSR count). The number of hydrogen-bond donors (Lipinski definition) is 3. The Kier molecular flexibility index (Phi) is 7.77. The second-order valence-corrected chi connectivity index (χ2v) is 7.32. The maximum absolute atomic E-state index is 12.1. The van der Waals surface area contributed by atoms with E-state index in [2.05, 4.69) is 20.9 Å². The number of aliphatic imine (C=N–C) groups is 1. The topological polar surface area (TPSA) is 91.8 Å². The average Bonchev–Trinajstić information content (AvgIpc) is 2.66. The zero-order valence-electron chi connectivity index (χ0n) is 17.3. The van der Waals surface area contributed by atoms with Crippen molar-refractivity contribution in [3.8, 4) is 0 Å². The molecule has 0 saturated carbocycles. The van der Waals surface area contributed by atoms with E-state index in [1.807, 2.05) is 49.4 Å². The number of ether oxygens (including phenoxy) is 1. The van der Waals surface area contributed by atoms with Crippen LogP contribution in [0.1, 0.15) is 43.6 Å². The third kappa shape index (κ3) is 8.04. The summed E-state index contributed by atoms with van der Waals surface area (Å²) in [4.78, 5) is 28.3. The van der Waals surface area contributed by atoms with Gasteiger partial charge in [-0.3, -0.25) is 15.1 Å². The molecule has 0 aromatic heterocycles. The van der Waals surface area contributed by atoms with Gasteiger partial charge in [-0.05, 0) is 57.5 Å². The number of alkyl carbamates (subject to hydrolysis) is 1. The Hall–Kier alpha value is -3.35. The van der Waals surface area contributed by atoms with E-state index in [0.717, 1.165) is 11.3 Å². The Balaban J connectivity index is 1.91. The second kappa shape index (κ2) is 10.3. The average molecular weight is 396 g/mol. The van der Waals surface area contributed by atoms with Crippen LogP contribution in [-0.2, 0) is 11.3 Å². The third-order valence-corrected chi connectivity index (χ3v) is 3.64. The summed E-state index contributed by atoms with van der Waals surface area (Å²) in [7, 11) is 0. The van der Waals surface area contributed by atoms with Crippen molar-refractivity contribution in [1.82, 2.24) is 10.6 Å². The van der Waals surface area contributed by atoms with Gasteiger partial charge in [-0.25, -0.2) is 4.79 Å². The van der Waals surface area contributed by atoms with Gasteiger partial charge in [0, 0.05) is 24.3 Å². The van der Waals surface area contributed by atoms with E-state index in [0.29, 0.717) is 24.6 Å². The minimum Gasteiger partial charge on any atom is -0.444 e. The molecule has 7 heteroatoms. The minimum atomic E-state index is -0.590. The first-order valence-corrected chi connectivity index (χ1v) is 9.50.